The van der Waals surface area contributed by atoms with Crippen LogP contribution in [0.15, 0.2) is 67.0 Å². The zero-order chi connectivity index (χ0) is 20.6. The number of aryl methyl sites for hydroxylation is 1. The number of carbonyl (C=O) groups excluding carboxylic acids is 1. The van der Waals surface area contributed by atoms with Crippen LogP contribution in [0.2, 0.25) is 0 Å². The summed E-state index contributed by atoms with van der Waals surface area (Å²) in [6.07, 6.45) is 9.53. The van der Waals surface area contributed by atoms with Crippen molar-refractivity contribution in [2.75, 3.05) is 0 Å². The summed E-state index contributed by atoms with van der Waals surface area (Å²) < 4.78 is 18.8. The van der Waals surface area contributed by atoms with Crippen molar-refractivity contribution in [3.8, 4) is 23.2 Å². The molecule has 5 nitrogen and oxygen atoms in total. The third-order valence-corrected chi connectivity index (χ3v) is 4.19. The molecule has 1 aromatic heterocycles. The van der Waals surface area contributed by atoms with Crippen molar-refractivity contribution in [1.29, 1.82) is 5.26 Å². The van der Waals surface area contributed by atoms with Gasteiger partial charge in [-0.15, -0.1) is 0 Å². The highest BCUT2D eigenvalue weighted by Gasteiger charge is 2.11. The van der Waals surface area contributed by atoms with Gasteiger partial charge < -0.3 is 4.74 Å². The SMILES string of the molecule is C/C=C/CCc1cnc(-c2ccc(C(=O)Oc3ccc(C#N)c(F)c3)cc2)nc1. The largest absolute Gasteiger partial charge is 0.423 e. The summed E-state index contributed by atoms with van der Waals surface area (Å²) >= 11 is 0. The molecule has 0 radical (unpaired) electrons. The lowest BCUT2D eigenvalue weighted by Crippen LogP contribution is -2.08. The highest BCUT2D eigenvalue weighted by molar-refractivity contribution is 5.91. The number of carbonyl (C=O) groups is 1. The first-order valence-corrected chi connectivity index (χ1v) is 9.05. The van der Waals surface area contributed by atoms with Crippen molar-refractivity contribution in [3.05, 3.63) is 89.5 Å². The summed E-state index contributed by atoms with van der Waals surface area (Å²) in [5, 5.41) is 8.74. The molecule has 3 aromatic rings. The number of nitrogens with zero attached hydrogens (tertiary/aromatic N) is 3. The monoisotopic (exact) mass is 387 g/mol. The minimum Gasteiger partial charge on any atom is -0.423 e. The summed E-state index contributed by atoms with van der Waals surface area (Å²) in [6.45, 7) is 1.99. The van der Waals surface area contributed by atoms with Gasteiger partial charge in [-0.2, -0.15) is 5.26 Å². The third-order valence-electron chi connectivity index (χ3n) is 4.19. The number of ether oxygens (including phenoxy) is 1. The summed E-state index contributed by atoms with van der Waals surface area (Å²) in [6, 6.07) is 12.0. The Bertz CT molecular complexity index is 1070. The lowest BCUT2D eigenvalue weighted by molar-refractivity contribution is 0.0734. The van der Waals surface area contributed by atoms with E-state index >= 15 is 0 Å². The van der Waals surface area contributed by atoms with Crippen molar-refractivity contribution in [2.24, 2.45) is 0 Å². The number of benzene rings is 2. The van der Waals surface area contributed by atoms with Crippen LogP contribution >= 0.6 is 0 Å². The van der Waals surface area contributed by atoms with Crippen LogP contribution in [0, 0.1) is 17.1 Å². The number of hydrogen-bond donors (Lipinski definition) is 0. The van der Waals surface area contributed by atoms with E-state index in [1.807, 2.05) is 13.0 Å². The van der Waals surface area contributed by atoms with Crippen LogP contribution in [0.4, 0.5) is 4.39 Å². The van der Waals surface area contributed by atoms with Crippen LogP contribution in [0.1, 0.15) is 34.8 Å². The Morgan fingerprint density at radius 2 is 1.90 bits per heavy atom. The molecule has 0 aliphatic rings. The first-order chi connectivity index (χ1) is 14.1. The second kappa shape index (κ2) is 9.38. The maximum Gasteiger partial charge on any atom is 0.343 e. The Balaban J connectivity index is 1.67. The molecule has 0 aliphatic heterocycles. The van der Waals surface area contributed by atoms with Gasteiger partial charge in [0.1, 0.15) is 17.6 Å². The summed E-state index contributed by atoms with van der Waals surface area (Å²) in [7, 11) is 0. The van der Waals surface area contributed by atoms with Gasteiger partial charge >= 0.3 is 5.97 Å². The molecule has 0 bridgehead atoms. The molecule has 0 fully saturated rings. The fourth-order valence-corrected chi connectivity index (χ4v) is 2.62. The van der Waals surface area contributed by atoms with Gasteiger partial charge in [0, 0.05) is 24.0 Å². The van der Waals surface area contributed by atoms with Gasteiger partial charge in [-0.3, -0.25) is 0 Å². The second-order valence-electron chi connectivity index (χ2n) is 6.24. The predicted octanol–water partition coefficient (Wildman–Crippen LogP) is 4.88. The molecule has 144 valence electrons. The fraction of sp³-hybridized carbons (Fsp3) is 0.130. The van der Waals surface area contributed by atoms with Crippen LogP contribution in [0.25, 0.3) is 11.4 Å². The van der Waals surface area contributed by atoms with Gasteiger partial charge in [0.25, 0.3) is 0 Å². The Morgan fingerprint density at radius 1 is 1.17 bits per heavy atom. The van der Waals surface area contributed by atoms with E-state index in [1.54, 1.807) is 42.7 Å². The van der Waals surface area contributed by atoms with Crippen LogP contribution in [0.3, 0.4) is 0 Å². The van der Waals surface area contributed by atoms with Gasteiger partial charge in [-0.05, 0) is 49.6 Å². The Kier molecular flexibility index (Phi) is 6.43. The Hall–Kier alpha value is -3.85. The standard InChI is InChI=1S/C23H18FN3O2/c1-2-3-4-5-16-14-26-22(27-15-16)17-6-8-18(9-7-17)23(28)29-20-11-10-19(13-25)21(24)12-20/h2-3,6-12,14-15H,4-5H2,1H3/b3-2+. The number of rotatable bonds is 6. The van der Waals surface area contributed by atoms with E-state index in [2.05, 4.69) is 16.0 Å². The molecular formula is C23H18FN3O2. The van der Waals surface area contributed by atoms with E-state index in [1.165, 1.54) is 12.1 Å². The molecule has 0 unspecified atom stereocenters. The predicted molar refractivity (Wildman–Crippen MR) is 107 cm³/mol. The van der Waals surface area contributed by atoms with Crippen molar-refractivity contribution in [2.45, 2.75) is 19.8 Å². The number of aromatic nitrogens is 2. The molecule has 0 saturated heterocycles. The maximum atomic E-state index is 13.6. The molecule has 0 spiro atoms. The lowest BCUT2D eigenvalue weighted by Gasteiger charge is -2.06. The molecule has 6 heteroatoms. The maximum absolute atomic E-state index is 13.6. The quantitative estimate of drug-likeness (QED) is 0.342. The molecule has 0 amide bonds. The van der Waals surface area contributed by atoms with Gasteiger partial charge in [-0.1, -0.05) is 24.3 Å². The highest BCUT2D eigenvalue weighted by Crippen LogP contribution is 2.19. The molecule has 3 rings (SSSR count). The smallest absolute Gasteiger partial charge is 0.343 e. The van der Waals surface area contributed by atoms with E-state index in [-0.39, 0.29) is 11.3 Å². The van der Waals surface area contributed by atoms with E-state index < -0.39 is 11.8 Å². The molecule has 0 saturated carbocycles. The third kappa shape index (κ3) is 5.11. The molecule has 0 atom stereocenters. The van der Waals surface area contributed by atoms with Gasteiger partial charge in [-0.25, -0.2) is 19.2 Å². The van der Waals surface area contributed by atoms with Crippen molar-refractivity contribution >= 4 is 5.97 Å². The first kappa shape index (κ1) is 19.9. The molecule has 29 heavy (non-hydrogen) atoms. The van der Waals surface area contributed by atoms with Crippen LogP contribution in [-0.2, 0) is 6.42 Å². The topological polar surface area (TPSA) is 75.9 Å². The number of nitriles is 1. The van der Waals surface area contributed by atoms with Crippen molar-refractivity contribution in [3.63, 3.8) is 0 Å². The van der Waals surface area contributed by atoms with E-state index in [4.69, 9.17) is 10.00 Å². The Labute approximate surface area is 168 Å². The van der Waals surface area contributed by atoms with E-state index in [9.17, 15) is 9.18 Å². The van der Waals surface area contributed by atoms with Gasteiger partial charge in [0.15, 0.2) is 5.82 Å². The van der Waals surface area contributed by atoms with Crippen molar-refractivity contribution < 1.29 is 13.9 Å². The summed E-state index contributed by atoms with van der Waals surface area (Å²) in [4.78, 5) is 21.0. The molecule has 2 aromatic carbocycles. The number of esters is 1. The highest BCUT2D eigenvalue weighted by atomic mass is 19.1. The number of allylic oxidation sites excluding steroid dienone is 2. The molecule has 1 heterocycles. The summed E-state index contributed by atoms with van der Waals surface area (Å²) in [5.41, 5.74) is 2.02. The minimum atomic E-state index is -0.737. The molecule has 0 N–H and O–H groups in total. The molecular weight excluding hydrogens is 369 g/mol. The number of hydrogen-bond acceptors (Lipinski definition) is 5. The van der Waals surface area contributed by atoms with Crippen LogP contribution in [-0.4, -0.2) is 15.9 Å². The van der Waals surface area contributed by atoms with Crippen molar-refractivity contribution in [1.82, 2.24) is 9.97 Å². The van der Waals surface area contributed by atoms with Crippen LogP contribution in [0.5, 0.6) is 5.75 Å². The van der Waals surface area contributed by atoms with E-state index in [0.29, 0.717) is 11.4 Å². The normalized spacial score (nSPS) is 10.7. The fourth-order valence-electron chi connectivity index (χ4n) is 2.62. The average Bonchev–Trinajstić information content (AvgIpc) is 2.75. The zero-order valence-electron chi connectivity index (χ0n) is 15.8. The zero-order valence-corrected chi connectivity index (χ0v) is 15.8. The van der Waals surface area contributed by atoms with Gasteiger partial charge in [0.05, 0.1) is 11.1 Å². The van der Waals surface area contributed by atoms with Crippen LogP contribution < -0.4 is 4.74 Å². The lowest BCUT2D eigenvalue weighted by atomic mass is 10.1. The van der Waals surface area contributed by atoms with E-state index in [0.717, 1.165) is 30.0 Å². The first-order valence-electron chi connectivity index (χ1n) is 9.05. The minimum absolute atomic E-state index is 0.0346. The average molecular weight is 387 g/mol. The number of halogens is 1. The van der Waals surface area contributed by atoms with Gasteiger partial charge in [0.2, 0.25) is 0 Å². The Morgan fingerprint density at radius 3 is 2.52 bits per heavy atom. The second-order valence-corrected chi connectivity index (χ2v) is 6.24. The molecule has 0 aliphatic carbocycles. The summed E-state index contributed by atoms with van der Waals surface area (Å²) in [5.74, 6) is -0.762.